The number of piperazine rings is 1. The van der Waals surface area contributed by atoms with Gasteiger partial charge in [-0.2, -0.15) is 0 Å². The van der Waals surface area contributed by atoms with Gasteiger partial charge in [0.15, 0.2) is 5.82 Å². The number of rotatable bonds is 6. The van der Waals surface area contributed by atoms with E-state index in [1.807, 2.05) is 16.8 Å². The van der Waals surface area contributed by atoms with Crippen molar-refractivity contribution in [3.05, 3.63) is 30.1 Å². The van der Waals surface area contributed by atoms with Crippen molar-refractivity contribution in [1.82, 2.24) is 25.1 Å². The highest BCUT2D eigenvalue weighted by atomic mass is 16.5. The molecule has 1 saturated heterocycles. The quantitative estimate of drug-likeness (QED) is 0.803. The fourth-order valence-corrected chi connectivity index (χ4v) is 3.48. The Balaban J connectivity index is 1.66. The van der Waals surface area contributed by atoms with Crippen LogP contribution in [0.4, 0.5) is 5.69 Å². The fraction of sp³-hybridized carbons (Fsp3) is 0.611. The molecule has 1 atom stereocenters. The lowest BCUT2D eigenvalue weighted by atomic mass is 10.1. The van der Waals surface area contributed by atoms with E-state index in [9.17, 15) is 0 Å². The monoisotopic (exact) mass is 344 g/mol. The number of benzene rings is 1. The number of hydrogen-bond donors (Lipinski definition) is 0. The van der Waals surface area contributed by atoms with Crippen LogP contribution in [-0.2, 0) is 0 Å². The third-order valence-corrected chi connectivity index (χ3v) is 4.88. The van der Waals surface area contributed by atoms with Gasteiger partial charge >= 0.3 is 0 Å². The highest BCUT2D eigenvalue weighted by Gasteiger charge is 2.28. The molecule has 0 radical (unpaired) electrons. The summed E-state index contributed by atoms with van der Waals surface area (Å²) in [7, 11) is 1.70. The largest absolute Gasteiger partial charge is 0.497 e. The molecule has 1 aromatic carbocycles. The fourth-order valence-electron chi connectivity index (χ4n) is 3.48. The third kappa shape index (κ3) is 3.76. The second-order valence-corrected chi connectivity index (χ2v) is 6.72. The van der Waals surface area contributed by atoms with Crippen molar-refractivity contribution in [2.45, 2.75) is 39.3 Å². The standard InChI is InChI=1S/C18H28N6O/c1-5-17(18-19-20-21-24(18)14(2)3)23-12-10-22(11-13-23)15-6-8-16(25-4)9-7-15/h6-9,14,17H,5,10-13H2,1-4H3/t17-/m0/s1. The molecule has 1 fully saturated rings. The summed E-state index contributed by atoms with van der Waals surface area (Å²) in [5.74, 6) is 1.88. The molecule has 0 unspecified atom stereocenters. The van der Waals surface area contributed by atoms with E-state index >= 15 is 0 Å². The molecule has 0 saturated carbocycles. The lowest BCUT2D eigenvalue weighted by molar-refractivity contribution is 0.167. The molecule has 0 bridgehead atoms. The maximum Gasteiger partial charge on any atom is 0.168 e. The molecule has 136 valence electrons. The van der Waals surface area contributed by atoms with Crippen LogP contribution >= 0.6 is 0 Å². The molecule has 3 rings (SSSR count). The van der Waals surface area contributed by atoms with Gasteiger partial charge in [0.25, 0.3) is 0 Å². The van der Waals surface area contributed by atoms with Gasteiger partial charge in [-0.3, -0.25) is 4.90 Å². The highest BCUT2D eigenvalue weighted by molar-refractivity contribution is 5.49. The summed E-state index contributed by atoms with van der Waals surface area (Å²) in [4.78, 5) is 4.93. The first-order valence-corrected chi connectivity index (χ1v) is 9.04. The Morgan fingerprint density at radius 1 is 1.08 bits per heavy atom. The lowest BCUT2D eigenvalue weighted by Gasteiger charge is -2.39. The number of aromatic nitrogens is 4. The van der Waals surface area contributed by atoms with Crippen LogP contribution in [0.15, 0.2) is 24.3 Å². The van der Waals surface area contributed by atoms with Gasteiger partial charge in [0.2, 0.25) is 0 Å². The van der Waals surface area contributed by atoms with Gasteiger partial charge in [-0.1, -0.05) is 6.92 Å². The summed E-state index contributed by atoms with van der Waals surface area (Å²) >= 11 is 0. The van der Waals surface area contributed by atoms with Crippen molar-refractivity contribution in [2.24, 2.45) is 0 Å². The number of methoxy groups -OCH3 is 1. The maximum atomic E-state index is 5.24. The number of nitrogens with zero attached hydrogens (tertiary/aromatic N) is 6. The molecule has 0 aliphatic carbocycles. The number of hydrogen-bond acceptors (Lipinski definition) is 6. The molecular formula is C18H28N6O. The first-order valence-electron chi connectivity index (χ1n) is 9.04. The van der Waals surface area contributed by atoms with E-state index in [0.717, 1.165) is 44.2 Å². The summed E-state index contributed by atoms with van der Waals surface area (Å²) in [5, 5.41) is 12.4. The second-order valence-electron chi connectivity index (χ2n) is 6.72. The van der Waals surface area contributed by atoms with Gasteiger partial charge < -0.3 is 9.64 Å². The first-order chi connectivity index (χ1) is 12.1. The van der Waals surface area contributed by atoms with E-state index in [1.165, 1.54) is 5.69 Å². The van der Waals surface area contributed by atoms with Crippen LogP contribution in [-0.4, -0.2) is 58.4 Å². The van der Waals surface area contributed by atoms with Crippen molar-refractivity contribution in [3.8, 4) is 5.75 Å². The zero-order chi connectivity index (χ0) is 17.8. The molecule has 1 aliphatic heterocycles. The average molecular weight is 344 g/mol. The van der Waals surface area contributed by atoms with Crippen LogP contribution in [0.25, 0.3) is 0 Å². The Bertz CT molecular complexity index is 660. The highest BCUT2D eigenvalue weighted by Crippen LogP contribution is 2.27. The summed E-state index contributed by atoms with van der Waals surface area (Å²) in [6.45, 7) is 10.5. The van der Waals surface area contributed by atoms with E-state index in [1.54, 1.807) is 7.11 Å². The molecule has 7 nitrogen and oxygen atoms in total. The molecule has 0 N–H and O–H groups in total. The number of anilines is 1. The molecule has 25 heavy (non-hydrogen) atoms. The zero-order valence-corrected chi connectivity index (χ0v) is 15.6. The second kappa shape index (κ2) is 7.82. The third-order valence-electron chi connectivity index (χ3n) is 4.88. The van der Waals surface area contributed by atoms with E-state index in [0.29, 0.717) is 0 Å². The van der Waals surface area contributed by atoms with E-state index in [2.05, 4.69) is 58.2 Å². The molecular weight excluding hydrogens is 316 g/mol. The number of ether oxygens (including phenoxy) is 1. The topological polar surface area (TPSA) is 59.3 Å². The Labute approximate surface area is 149 Å². The van der Waals surface area contributed by atoms with Crippen molar-refractivity contribution < 1.29 is 4.74 Å². The van der Waals surface area contributed by atoms with Crippen molar-refractivity contribution in [2.75, 3.05) is 38.2 Å². The predicted molar refractivity (Wildman–Crippen MR) is 98.0 cm³/mol. The normalized spacial score (nSPS) is 17.1. The Hall–Kier alpha value is -2.15. The van der Waals surface area contributed by atoms with E-state index < -0.39 is 0 Å². The van der Waals surface area contributed by atoms with Gasteiger partial charge in [-0.05, 0) is 55.0 Å². The van der Waals surface area contributed by atoms with Crippen molar-refractivity contribution in [1.29, 1.82) is 0 Å². The van der Waals surface area contributed by atoms with Crippen LogP contribution < -0.4 is 9.64 Å². The van der Waals surface area contributed by atoms with Crippen molar-refractivity contribution in [3.63, 3.8) is 0 Å². The summed E-state index contributed by atoms with van der Waals surface area (Å²) in [5.41, 5.74) is 1.25. The first kappa shape index (κ1) is 17.7. The van der Waals surface area contributed by atoms with Gasteiger partial charge in [0.1, 0.15) is 5.75 Å². The predicted octanol–water partition coefficient (Wildman–Crippen LogP) is 2.54. The lowest BCUT2D eigenvalue weighted by Crippen LogP contribution is -2.48. The molecule has 1 aliphatic rings. The van der Waals surface area contributed by atoms with Crippen LogP contribution in [0.3, 0.4) is 0 Å². The minimum absolute atomic E-state index is 0.274. The molecule has 2 aromatic rings. The number of tetrazole rings is 1. The van der Waals surface area contributed by atoms with Gasteiger partial charge in [0, 0.05) is 31.9 Å². The zero-order valence-electron chi connectivity index (χ0n) is 15.6. The summed E-state index contributed by atoms with van der Waals surface area (Å²) in [6.07, 6.45) is 1.01. The molecule has 7 heteroatoms. The molecule has 1 aromatic heterocycles. The Morgan fingerprint density at radius 3 is 2.32 bits per heavy atom. The van der Waals surface area contributed by atoms with Gasteiger partial charge in [0.05, 0.1) is 19.2 Å². The van der Waals surface area contributed by atoms with Crippen LogP contribution in [0, 0.1) is 0 Å². The van der Waals surface area contributed by atoms with Crippen LogP contribution in [0.5, 0.6) is 5.75 Å². The summed E-state index contributed by atoms with van der Waals surface area (Å²) in [6, 6.07) is 8.85. The maximum absolute atomic E-state index is 5.24. The summed E-state index contributed by atoms with van der Waals surface area (Å²) < 4.78 is 7.19. The van der Waals surface area contributed by atoms with Gasteiger partial charge in [-0.25, -0.2) is 4.68 Å². The van der Waals surface area contributed by atoms with E-state index in [4.69, 9.17) is 4.74 Å². The minimum Gasteiger partial charge on any atom is -0.497 e. The smallest absolute Gasteiger partial charge is 0.168 e. The average Bonchev–Trinajstić information content (AvgIpc) is 3.13. The Morgan fingerprint density at radius 2 is 1.76 bits per heavy atom. The SMILES string of the molecule is CC[C@@H](c1nnnn1C(C)C)N1CCN(c2ccc(OC)cc2)CC1. The molecule has 0 amide bonds. The van der Waals surface area contributed by atoms with Crippen LogP contribution in [0.1, 0.15) is 45.1 Å². The van der Waals surface area contributed by atoms with Crippen molar-refractivity contribution >= 4 is 5.69 Å². The molecule has 2 heterocycles. The minimum atomic E-state index is 0.274. The molecule has 0 spiro atoms. The Kier molecular flexibility index (Phi) is 5.53. The van der Waals surface area contributed by atoms with Crippen LogP contribution in [0.2, 0.25) is 0 Å². The van der Waals surface area contributed by atoms with Gasteiger partial charge in [-0.15, -0.1) is 5.10 Å². The van der Waals surface area contributed by atoms with E-state index in [-0.39, 0.29) is 12.1 Å².